The second-order valence-corrected chi connectivity index (χ2v) is 5.22. The van der Waals surface area contributed by atoms with E-state index < -0.39 is 5.54 Å². The number of rotatable bonds is 7. The van der Waals surface area contributed by atoms with Crippen molar-refractivity contribution in [3.05, 3.63) is 16.4 Å². The van der Waals surface area contributed by atoms with Crippen molar-refractivity contribution in [2.24, 2.45) is 5.73 Å². The van der Waals surface area contributed by atoms with E-state index in [0.717, 1.165) is 29.4 Å². The second-order valence-electron chi connectivity index (χ2n) is 4.84. The topological polar surface area (TPSA) is 53.1 Å². The number of hydrogen-bond acceptors (Lipinski definition) is 3. The van der Waals surface area contributed by atoms with Crippen molar-refractivity contribution in [3.8, 4) is 0 Å². The summed E-state index contributed by atoms with van der Waals surface area (Å²) in [5.74, 6) is 0. The Balaban J connectivity index is 2.91. The molecule has 18 heavy (non-hydrogen) atoms. The van der Waals surface area contributed by atoms with Crippen LogP contribution in [-0.2, 0) is 24.1 Å². The van der Waals surface area contributed by atoms with Crippen LogP contribution < -0.4 is 5.73 Å². The summed E-state index contributed by atoms with van der Waals surface area (Å²) in [6.07, 6.45) is 1.51. The van der Waals surface area contributed by atoms with E-state index in [2.05, 4.69) is 18.9 Å². The van der Waals surface area contributed by atoms with Crippen LogP contribution in [0.15, 0.2) is 0 Å². The quantitative estimate of drug-likeness (QED) is 0.830. The first-order valence-corrected chi connectivity index (χ1v) is 6.93. The van der Waals surface area contributed by atoms with Gasteiger partial charge in [-0.1, -0.05) is 18.5 Å². The fourth-order valence-corrected chi connectivity index (χ4v) is 2.29. The molecule has 0 amide bonds. The van der Waals surface area contributed by atoms with E-state index in [4.69, 9.17) is 22.1 Å². The molecule has 0 aromatic carbocycles. The number of nitrogens with zero attached hydrogens (tertiary/aromatic N) is 2. The molecule has 4 nitrogen and oxygen atoms in total. The minimum absolute atomic E-state index is 0.419. The van der Waals surface area contributed by atoms with Gasteiger partial charge in [-0.25, -0.2) is 0 Å². The third-order valence-electron chi connectivity index (χ3n) is 2.90. The molecule has 2 N–H and O–H groups in total. The van der Waals surface area contributed by atoms with Gasteiger partial charge in [0.05, 0.1) is 23.0 Å². The first kappa shape index (κ1) is 15.5. The van der Waals surface area contributed by atoms with E-state index in [1.807, 2.05) is 18.5 Å². The zero-order valence-corrected chi connectivity index (χ0v) is 12.5. The first-order valence-electron chi connectivity index (χ1n) is 6.55. The minimum atomic E-state index is -0.419. The lowest BCUT2D eigenvalue weighted by molar-refractivity contribution is 0.100. The highest BCUT2D eigenvalue weighted by molar-refractivity contribution is 6.31. The van der Waals surface area contributed by atoms with Gasteiger partial charge in [0, 0.05) is 25.1 Å². The molecule has 0 fully saturated rings. The van der Waals surface area contributed by atoms with Crippen LogP contribution in [0.3, 0.4) is 0 Å². The molecule has 0 aliphatic heterocycles. The van der Waals surface area contributed by atoms with E-state index in [0.29, 0.717) is 19.6 Å². The maximum Gasteiger partial charge on any atom is 0.0850 e. The summed E-state index contributed by atoms with van der Waals surface area (Å²) in [7, 11) is 0. The Kier molecular flexibility index (Phi) is 5.63. The highest BCUT2D eigenvalue weighted by Crippen LogP contribution is 2.25. The van der Waals surface area contributed by atoms with Crippen molar-refractivity contribution < 1.29 is 4.74 Å². The Bertz CT molecular complexity index is 388. The SMILES string of the molecule is CCOCC(C)(N)Cc1c(Cl)c(CC)nn1CC. The summed E-state index contributed by atoms with van der Waals surface area (Å²) in [4.78, 5) is 0. The van der Waals surface area contributed by atoms with Crippen molar-refractivity contribution in [2.45, 2.75) is 52.6 Å². The molecule has 0 aliphatic carbocycles. The van der Waals surface area contributed by atoms with Crippen LogP contribution in [0.4, 0.5) is 0 Å². The summed E-state index contributed by atoms with van der Waals surface area (Å²) in [6.45, 7) is 10.1. The van der Waals surface area contributed by atoms with Crippen LogP contribution in [0.2, 0.25) is 5.02 Å². The number of hydrogen-bond donors (Lipinski definition) is 1. The van der Waals surface area contributed by atoms with E-state index in [1.54, 1.807) is 0 Å². The van der Waals surface area contributed by atoms with E-state index in [9.17, 15) is 0 Å². The van der Waals surface area contributed by atoms with Gasteiger partial charge in [-0.05, 0) is 27.2 Å². The van der Waals surface area contributed by atoms with Crippen LogP contribution in [0.25, 0.3) is 0 Å². The summed E-state index contributed by atoms with van der Waals surface area (Å²) in [6, 6.07) is 0. The van der Waals surface area contributed by atoms with Crippen LogP contribution in [0.1, 0.15) is 39.1 Å². The van der Waals surface area contributed by atoms with Gasteiger partial charge in [-0.15, -0.1) is 0 Å². The molecule has 0 spiro atoms. The highest BCUT2D eigenvalue weighted by Gasteiger charge is 2.25. The lowest BCUT2D eigenvalue weighted by Crippen LogP contribution is -2.44. The molecule has 0 radical (unpaired) electrons. The van der Waals surface area contributed by atoms with Crippen LogP contribution in [-0.4, -0.2) is 28.5 Å². The molecule has 5 heteroatoms. The van der Waals surface area contributed by atoms with Gasteiger partial charge in [0.2, 0.25) is 0 Å². The van der Waals surface area contributed by atoms with E-state index in [-0.39, 0.29) is 0 Å². The van der Waals surface area contributed by atoms with E-state index >= 15 is 0 Å². The van der Waals surface area contributed by atoms with Gasteiger partial charge < -0.3 is 10.5 Å². The monoisotopic (exact) mass is 273 g/mol. The highest BCUT2D eigenvalue weighted by atomic mass is 35.5. The maximum atomic E-state index is 6.37. The molecule has 104 valence electrons. The Morgan fingerprint density at radius 2 is 2.06 bits per heavy atom. The lowest BCUT2D eigenvalue weighted by atomic mass is 9.98. The number of nitrogens with two attached hydrogens (primary N) is 1. The Labute approximate surface area is 114 Å². The predicted molar refractivity (Wildman–Crippen MR) is 75.1 cm³/mol. The van der Waals surface area contributed by atoms with Crippen LogP contribution in [0.5, 0.6) is 0 Å². The number of aromatic nitrogens is 2. The van der Waals surface area contributed by atoms with Crippen molar-refractivity contribution in [3.63, 3.8) is 0 Å². The van der Waals surface area contributed by atoms with Gasteiger partial charge >= 0.3 is 0 Å². The molecule has 0 saturated carbocycles. The number of aryl methyl sites for hydroxylation is 2. The molecule has 1 aromatic rings. The smallest absolute Gasteiger partial charge is 0.0850 e. The summed E-state index contributed by atoms with van der Waals surface area (Å²) < 4.78 is 7.36. The lowest BCUT2D eigenvalue weighted by Gasteiger charge is -2.24. The normalized spacial score (nSPS) is 14.8. The standard InChI is InChI=1S/C13H24ClN3O/c1-5-10-12(14)11(17(6-2)16-10)8-13(4,15)9-18-7-3/h5-9,15H2,1-4H3. The van der Waals surface area contributed by atoms with Crippen LogP contribution >= 0.6 is 11.6 Å². The Morgan fingerprint density at radius 3 is 2.56 bits per heavy atom. The zero-order chi connectivity index (χ0) is 13.8. The molecule has 1 unspecified atom stereocenters. The molecule has 0 bridgehead atoms. The molecule has 1 heterocycles. The average Bonchev–Trinajstić information content (AvgIpc) is 2.63. The fourth-order valence-electron chi connectivity index (χ4n) is 1.95. The Hall–Kier alpha value is -0.580. The average molecular weight is 274 g/mol. The van der Waals surface area contributed by atoms with E-state index in [1.165, 1.54) is 0 Å². The molecule has 1 aromatic heterocycles. The molecule has 1 atom stereocenters. The summed E-state index contributed by atoms with van der Waals surface area (Å²) in [5.41, 5.74) is 7.79. The minimum Gasteiger partial charge on any atom is -0.380 e. The summed E-state index contributed by atoms with van der Waals surface area (Å²) >= 11 is 6.37. The van der Waals surface area contributed by atoms with Crippen molar-refractivity contribution in [2.75, 3.05) is 13.2 Å². The molecular weight excluding hydrogens is 250 g/mol. The van der Waals surface area contributed by atoms with Gasteiger partial charge in [-0.3, -0.25) is 4.68 Å². The Morgan fingerprint density at radius 1 is 1.39 bits per heavy atom. The zero-order valence-electron chi connectivity index (χ0n) is 11.8. The first-order chi connectivity index (χ1) is 8.45. The van der Waals surface area contributed by atoms with Gasteiger partial charge in [0.1, 0.15) is 0 Å². The van der Waals surface area contributed by atoms with Crippen molar-refractivity contribution in [1.29, 1.82) is 0 Å². The maximum absolute atomic E-state index is 6.37. The molecule has 0 aliphatic rings. The largest absolute Gasteiger partial charge is 0.380 e. The third kappa shape index (κ3) is 3.70. The molecule has 0 saturated heterocycles. The number of halogens is 1. The van der Waals surface area contributed by atoms with Gasteiger partial charge in [0.25, 0.3) is 0 Å². The van der Waals surface area contributed by atoms with Crippen LogP contribution in [0, 0.1) is 0 Å². The second kappa shape index (κ2) is 6.55. The predicted octanol–water partition coefficient (Wildman–Crippen LogP) is 2.42. The molecular formula is C13H24ClN3O. The number of ether oxygens (including phenoxy) is 1. The summed E-state index contributed by atoms with van der Waals surface area (Å²) in [5, 5.41) is 5.26. The van der Waals surface area contributed by atoms with Gasteiger partial charge in [-0.2, -0.15) is 5.10 Å². The van der Waals surface area contributed by atoms with Crippen molar-refractivity contribution >= 4 is 11.6 Å². The third-order valence-corrected chi connectivity index (χ3v) is 3.34. The van der Waals surface area contributed by atoms with Gasteiger partial charge in [0.15, 0.2) is 0 Å². The molecule has 1 rings (SSSR count). The van der Waals surface area contributed by atoms with Crippen molar-refractivity contribution in [1.82, 2.24) is 9.78 Å². The fraction of sp³-hybridized carbons (Fsp3) is 0.769.